The summed E-state index contributed by atoms with van der Waals surface area (Å²) >= 11 is 3.32. The third-order valence-electron chi connectivity index (χ3n) is 1.86. The maximum absolute atomic E-state index is 5.54. The monoisotopic (exact) mass is 267 g/mol. The van der Waals surface area contributed by atoms with Crippen molar-refractivity contribution in [2.45, 2.75) is 6.54 Å². The van der Waals surface area contributed by atoms with Gasteiger partial charge in [-0.25, -0.2) is 4.98 Å². The van der Waals surface area contributed by atoms with Crippen molar-refractivity contribution in [3.8, 4) is 5.75 Å². The summed E-state index contributed by atoms with van der Waals surface area (Å²) in [5.41, 5.74) is 0. The summed E-state index contributed by atoms with van der Waals surface area (Å²) in [7, 11) is 0. The summed E-state index contributed by atoms with van der Waals surface area (Å²) < 4.78 is 8.09. The minimum absolute atomic E-state index is 0.575. The average Bonchev–Trinajstić information content (AvgIpc) is 2.74. The van der Waals surface area contributed by atoms with Crippen molar-refractivity contribution in [3.63, 3.8) is 0 Å². The normalized spacial score (nSPS) is 10.2. The highest BCUT2D eigenvalue weighted by Crippen LogP contribution is 2.20. The van der Waals surface area contributed by atoms with E-state index in [-0.39, 0.29) is 0 Å². The Hall–Kier alpha value is -1.36. The lowest BCUT2D eigenvalue weighted by Crippen LogP contribution is -2.08. The van der Waals surface area contributed by atoms with Crippen molar-refractivity contribution < 1.29 is 4.74 Å². The second kappa shape index (κ2) is 4.93. The SMILES string of the molecule is Brc1ncccc1OCCn1cccn1. The first-order valence-corrected chi connectivity index (χ1v) is 5.36. The number of hydrogen-bond donors (Lipinski definition) is 0. The predicted octanol–water partition coefficient (Wildman–Crippen LogP) is 2.12. The maximum atomic E-state index is 5.54. The molecular weight excluding hydrogens is 258 g/mol. The van der Waals surface area contributed by atoms with Crippen molar-refractivity contribution >= 4 is 15.9 Å². The van der Waals surface area contributed by atoms with Crippen LogP contribution >= 0.6 is 15.9 Å². The molecule has 0 bridgehead atoms. The fraction of sp³-hybridized carbons (Fsp3) is 0.200. The van der Waals surface area contributed by atoms with Gasteiger partial charge in [0.2, 0.25) is 0 Å². The summed E-state index contributed by atoms with van der Waals surface area (Å²) in [4.78, 5) is 4.06. The molecule has 2 aromatic rings. The zero-order chi connectivity index (χ0) is 10.5. The van der Waals surface area contributed by atoms with Crippen LogP contribution in [0.2, 0.25) is 0 Å². The molecule has 0 aliphatic rings. The van der Waals surface area contributed by atoms with Crippen molar-refractivity contribution in [1.82, 2.24) is 14.8 Å². The second-order valence-electron chi connectivity index (χ2n) is 2.91. The van der Waals surface area contributed by atoms with Gasteiger partial charge in [0.1, 0.15) is 11.2 Å². The van der Waals surface area contributed by atoms with Crippen molar-refractivity contribution in [1.29, 1.82) is 0 Å². The van der Waals surface area contributed by atoms with Crippen molar-refractivity contribution in [2.24, 2.45) is 0 Å². The fourth-order valence-corrected chi connectivity index (χ4v) is 1.53. The van der Waals surface area contributed by atoms with Crippen LogP contribution < -0.4 is 4.74 Å². The van der Waals surface area contributed by atoms with Crippen molar-refractivity contribution in [3.05, 3.63) is 41.4 Å². The molecular formula is C10H10BrN3O. The number of rotatable bonds is 4. The summed E-state index contributed by atoms with van der Waals surface area (Å²) in [5.74, 6) is 0.754. The lowest BCUT2D eigenvalue weighted by molar-refractivity contribution is 0.288. The van der Waals surface area contributed by atoms with E-state index in [4.69, 9.17) is 4.74 Å². The summed E-state index contributed by atoms with van der Waals surface area (Å²) in [6.45, 7) is 1.31. The molecule has 0 radical (unpaired) electrons. The van der Waals surface area contributed by atoms with Gasteiger partial charge in [-0.1, -0.05) is 0 Å². The Labute approximate surface area is 96.0 Å². The Kier molecular flexibility index (Phi) is 3.34. The van der Waals surface area contributed by atoms with E-state index in [1.807, 2.05) is 29.1 Å². The third kappa shape index (κ3) is 2.79. The number of hydrogen-bond acceptors (Lipinski definition) is 3. The van der Waals surface area contributed by atoms with Gasteiger partial charge in [-0.05, 0) is 34.1 Å². The zero-order valence-corrected chi connectivity index (χ0v) is 9.59. The molecule has 0 amide bonds. The highest BCUT2D eigenvalue weighted by molar-refractivity contribution is 9.10. The van der Waals surface area contributed by atoms with Crippen LogP contribution in [-0.4, -0.2) is 21.4 Å². The molecule has 78 valence electrons. The number of nitrogens with zero attached hydrogens (tertiary/aromatic N) is 3. The maximum Gasteiger partial charge on any atom is 0.152 e. The molecule has 0 saturated carbocycles. The topological polar surface area (TPSA) is 39.9 Å². The molecule has 0 aliphatic heterocycles. The van der Waals surface area contributed by atoms with Gasteiger partial charge in [0, 0.05) is 18.6 Å². The smallest absolute Gasteiger partial charge is 0.152 e. The minimum atomic E-state index is 0.575. The van der Waals surface area contributed by atoms with Crippen LogP contribution in [0, 0.1) is 0 Å². The summed E-state index contributed by atoms with van der Waals surface area (Å²) in [5, 5.41) is 4.08. The van der Waals surface area contributed by atoms with E-state index in [1.165, 1.54) is 0 Å². The number of pyridine rings is 1. The molecule has 5 heteroatoms. The quantitative estimate of drug-likeness (QED) is 0.797. The van der Waals surface area contributed by atoms with Gasteiger partial charge in [0.15, 0.2) is 5.75 Å². The molecule has 0 unspecified atom stereocenters. The molecule has 0 aromatic carbocycles. The largest absolute Gasteiger partial charge is 0.489 e. The molecule has 0 N–H and O–H groups in total. The molecule has 2 rings (SSSR count). The average molecular weight is 268 g/mol. The van der Waals surface area contributed by atoms with E-state index >= 15 is 0 Å². The van der Waals surface area contributed by atoms with Crippen LogP contribution in [0.5, 0.6) is 5.75 Å². The van der Waals surface area contributed by atoms with Gasteiger partial charge >= 0.3 is 0 Å². The van der Waals surface area contributed by atoms with Crippen LogP contribution in [0.1, 0.15) is 0 Å². The second-order valence-corrected chi connectivity index (χ2v) is 3.66. The zero-order valence-electron chi connectivity index (χ0n) is 8.01. The Bertz CT molecular complexity index is 416. The third-order valence-corrected chi connectivity index (χ3v) is 2.46. The van der Waals surface area contributed by atoms with E-state index in [2.05, 4.69) is 26.0 Å². The van der Waals surface area contributed by atoms with Gasteiger partial charge in [0.05, 0.1) is 6.54 Å². The van der Waals surface area contributed by atoms with E-state index in [0.717, 1.165) is 16.9 Å². The van der Waals surface area contributed by atoms with Crippen LogP contribution in [-0.2, 0) is 6.54 Å². The van der Waals surface area contributed by atoms with E-state index in [1.54, 1.807) is 12.4 Å². The Morgan fingerprint density at radius 1 is 1.33 bits per heavy atom. The number of halogens is 1. The van der Waals surface area contributed by atoms with Gasteiger partial charge in [-0.15, -0.1) is 0 Å². The first-order valence-electron chi connectivity index (χ1n) is 4.57. The van der Waals surface area contributed by atoms with Crippen LogP contribution in [0.15, 0.2) is 41.4 Å². The lowest BCUT2D eigenvalue weighted by atomic mass is 10.5. The van der Waals surface area contributed by atoms with Crippen molar-refractivity contribution in [2.75, 3.05) is 6.61 Å². The van der Waals surface area contributed by atoms with Gasteiger partial charge in [0.25, 0.3) is 0 Å². The molecule has 0 saturated heterocycles. The predicted molar refractivity (Wildman–Crippen MR) is 59.7 cm³/mol. The molecule has 2 aromatic heterocycles. The number of aromatic nitrogens is 3. The Balaban J connectivity index is 1.86. The number of ether oxygens (including phenoxy) is 1. The summed E-state index contributed by atoms with van der Waals surface area (Å²) in [6.07, 6.45) is 5.37. The lowest BCUT2D eigenvalue weighted by Gasteiger charge is -2.06. The van der Waals surface area contributed by atoms with Crippen LogP contribution in [0.4, 0.5) is 0 Å². The van der Waals surface area contributed by atoms with E-state index in [0.29, 0.717) is 6.61 Å². The highest BCUT2D eigenvalue weighted by Gasteiger charge is 2.00. The molecule has 4 nitrogen and oxygen atoms in total. The van der Waals surface area contributed by atoms with Gasteiger partial charge in [-0.2, -0.15) is 5.10 Å². The van der Waals surface area contributed by atoms with Crippen LogP contribution in [0.3, 0.4) is 0 Å². The van der Waals surface area contributed by atoms with Crippen LogP contribution in [0.25, 0.3) is 0 Å². The fourth-order valence-electron chi connectivity index (χ4n) is 1.16. The van der Waals surface area contributed by atoms with Gasteiger partial charge in [-0.3, -0.25) is 4.68 Å². The van der Waals surface area contributed by atoms with E-state index < -0.39 is 0 Å². The Morgan fingerprint density at radius 3 is 3.00 bits per heavy atom. The minimum Gasteiger partial charge on any atom is -0.489 e. The molecule has 0 atom stereocenters. The molecule has 0 spiro atoms. The molecule has 0 fully saturated rings. The Morgan fingerprint density at radius 2 is 2.27 bits per heavy atom. The highest BCUT2D eigenvalue weighted by atomic mass is 79.9. The molecule has 0 aliphatic carbocycles. The molecule has 15 heavy (non-hydrogen) atoms. The first kappa shape index (κ1) is 10.2. The van der Waals surface area contributed by atoms with Gasteiger partial charge < -0.3 is 4.74 Å². The molecule has 2 heterocycles. The van der Waals surface area contributed by atoms with E-state index in [9.17, 15) is 0 Å². The summed E-state index contributed by atoms with van der Waals surface area (Å²) in [6, 6.07) is 5.61. The standard InChI is InChI=1S/C10H10BrN3O/c11-10-9(3-1-4-12-10)15-8-7-14-6-2-5-13-14/h1-6H,7-8H2. The first-order chi connectivity index (χ1) is 7.36.